The van der Waals surface area contributed by atoms with Crippen molar-refractivity contribution < 1.29 is 14.2 Å². The molecular weight excluding hydrogens is 252 g/mol. The monoisotopic (exact) mass is 274 g/mol. The highest BCUT2D eigenvalue weighted by Gasteiger charge is 2.03. The first-order valence-electron chi connectivity index (χ1n) is 6.58. The first-order chi connectivity index (χ1) is 9.72. The molecule has 0 aliphatic heterocycles. The number of rotatable bonds is 4. The van der Waals surface area contributed by atoms with Crippen molar-refractivity contribution in [1.82, 2.24) is 0 Å². The standard InChI is InChI=1S/C9H12O2.C8H10O/c1-7-5-4-6-8(10-2)9(7)11-3;1-2-9-8-6-4-3-5-7-8/h4-6H,1-3H3;3-7H,2H2,1H3. The molecule has 0 unspecified atom stereocenters. The van der Waals surface area contributed by atoms with Gasteiger partial charge in [0.15, 0.2) is 11.5 Å². The zero-order chi connectivity index (χ0) is 14.8. The number of hydrogen-bond donors (Lipinski definition) is 0. The van der Waals surface area contributed by atoms with Gasteiger partial charge in [-0.25, -0.2) is 0 Å². The Morgan fingerprint density at radius 2 is 1.55 bits per heavy atom. The molecule has 0 radical (unpaired) electrons. The van der Waals surface area contributed by atoms with Crippen LogP contribution >= 0.6 is 0 Å². The van der Waals surface area contributed by atoms with Crippen molar-refractivity contribution in [3.63, 3.8) is 0 Å². The average molecular weight is 274 g/mol. The maximum atomic E-state index is 5.21. The van der Waals surface area contributed by atoms with E-state index in [0.717, 1.165) is 29.4 Å². The van der Waals surface area contributed by atoms with E-state index in [-0.39, 0.29) is 0 Å². The van der Waals surface area contributed by atoms with Crippen LogP contribution < -0.4 is 14.2 Å². The lowest BCUT2D eigenvalue weighted by atomic mass is 10.2. The molecule has 0 atom stereocenters. The van der Waals surface area contributed by atoms with Crippen molar-refractivity contribution >= 4 is 0 Å². The molecule has 0 fully saturated rings. The number of methoxy groups -OCH3 is 2. The normalized spacial score (nSPS) is 9.20. The molecule has 0 amide bonds. The highest BCUT2D eigenvalue weighted by atomic mass is 16.5. The van der Waals surface area contributed by atoms with Gasteiger partial charge >= 0.3 is 0 Å². The van der Waals surface area contributed by atoms with Crippen LogP contribution in [0.1, 0.15) is 12.5 Å². The molecule has 0 heterocycles. The second kappa shape index (κ2) is 8.86. The van der Waals surface area contributed by atoms with Gasteiger partial charge < -0.3 is 14.2 Å². The maximum absolute atomic E-state index is 5.21. The Morgan fingerprint density at radius 1 is 0.850 bits per heavy atom. The Morgan fingerprint density at radius 3 is 2.05 bits per heavy atom. The molecule has 0 aromatic heterocycles. The van der Waals surface area contributed by atoms with Gasteiger partial charge in [0.25, 0.3) is 0 Å². The Labute approximate surface area is 121 Å². The molecule has 0 saturated carbocycles. The molecule has 3 heteroatoms. The lowest BCUT2D eigenvalue weighted by Gasteiger charge is -2.08. The van der Waals surface area contributed by atoms with Crippen molar-refractivity contribution in [3.8, 4) is 17.2 Å². The quantitative estimate of drug-likeness (QED) is 0.840. The van der Waals surface area contributed by atoms with Crippen molar-refractivity contribution in [2.24, 2.45) is 0 Å². The second-order valence-corrected chi connectivity index (χ2v) is 4.06. The van der Waals surface area contributed by atoms with Gasteiger partial charge in [-0.2, -0.15) is 0 Å². The van der Waals surface area contributed by atoms with Crippen LogP contribution in [0.3, 0.4) is 0 Å². The fraction of sp³-hybridized carbons (Fsp3) is 0.294. The zero-order valence-electron chi connectivity index (χ0n) is 12.6. The third kappa shape index (κ3) is 4.84. The predicted molar refractivity (Wildman–Crippen MR) is 81.9 cm³/mol. The van der Waals surface area contributed by atoms with E-state index in [2.05, 4.69) is 0 Å². The number of benzene rings is 2. The number of aryl methyl sites for hydroxylation is 1. The number of para-hydroxylation sites is 2. The van der Waals surface area contributed by atoms with Gasteiger partial charge in [-0.05, 0) is 37.6 Å². The van der Waals surface area contributed by atoms with E-state index in [1.54, 1.807) is 14.2 Å². The molecular formula is C17H22O3. The van der Waals surface area contributed by atoms with Crippen LogP contribution in [0.5, 0.6) is 17.2 Å². The summed E-state index contributed by atoms with van der Waals surface area (Å²) in [6.07, 6.45) is 0. The molecule has 0 bridgehead atoms. The van der Waals surface area contributed by atoms with E-state index in [0.29, 0.717) is 0 Å². The summed E-state index contributed by atoms with van der Waals surface area (Å²) in [5.74, 6) is 2.54. The minimum atomic E-state index is 0.740. The van der Waals surface area contributed by atoms with E-state index >= 15 is 0 Å². The van der Waals surface area contributed by atoms with Crippen LogP contribution in [0, 0.1) is 6.92 Å². The molecule has 108 valence electrons. The topological polar surface area (TPSA) is 27.7 Å². The molecule has 0 N–H and O–H groups in total. The predicted octanol–water partition coefficient (Wildman–Crippen LogP) is 4.10. The largest absolute Gasteiger partial charge is 0.494 e. The third-order valence-corrected chi connectivity index (χ3v) is 2.65. The summed E-state index contributed by atoms with van der Waals surface area (Å²) in [6.45, 7) is 4.71. The molecule has 20 heavy (non-hydrogen) atoms. The smallest absolute Gasteiger partial charge is 0.163 e. The zero-order valence-corrected chi connectivity index (χ0v) is 12.6. The minimum Gasteiger partial charge on any atom is -0.494 e. The Hall–Kier alpha value is -2.16. The van der Waals surface area contributed by atoms with Gasteiger partial charge in [-0.3, -0.25) is 0 Å². The van der Waals surface area contributed by atoms with Crippen LogP contribution in [-0.2, 0) is 0 Å². The fourth-order valence-electron chi connectivity index (χ4n) is 1.73. The highest BCUT2D eigenvalue weighted by molar-refractivity contribution is 5.45. The van der Waals surface area contributed by atoms with E-state index in [1.165, 1.54) is 0 Å². The molecule has 0 aliphatic rings. The summed E-state index contributed by atoms with van der Waals surface area (Å²) in [4.78, 5) is 0. The van der Waals surface area contributed by atoms with Crippen LogP contribution in [0.4, 0.5) is 0 Å². The van der Waals surface area contributed by atoms with E-state index in [9.17, 15) is 0 Å². The van der Waals surface area contributed by atoms with Crippen molar-refractivity contribution in [3.05, 3.63) is 54.1 Å². The summed E-state index contributed by atoms with van der Waals surface area (Å²) in [5.41, 5.74) is 1.09. The minimum absolute atomic E-state index is 0.740. The number of hydrogen-bond acceptors (Lipinski definition) is 3. The second-order valence-electron chi connectivity index (χ2n) is 4.06. The summed E-state index contributed by atoms with van der Waals surface area (Å²) in [6, 6.07) is 15.6. The van der Waals surface area contributed by atoms with E-state index in [4.69, 9.17) is 14.2 Å². The molecule has 2 aromatic carbocycles. The van der Waals surface area contributed by atoms with Crippen molar-refractivity contribution in [1.29, 1.82) is 0 Å². The van der Waals surface area contributed by atoms with Gasteiger partial charge in [0.2, 0.25) is 0 Å². The Bertz CT molecular complexity index is 495. The van der Waals surface area contributed by atoms with Gasteiger partial charge in [-0.1, -0.05) is 30.3 Å². The summed E-state index contributed by atoms with van der Waals surface area (Å²) >= 11 is 0. The van der Waals surface area contributed by atoms with E-state index in [1.807, 2.05) is 62.4 Å². The van der Waals surface area contributed by atoms with Gasteiger partial charge in [-0.15, -0.1) is 0 Å². The molecule has 3 nitrogen and oxygen atoms in total. The van der Waals surface area contributed by atoms with E-state index < -0.39 is 0 Å². The lowest BCUT2D eigenvalue weighted by Crippen LogP contribution is -1.91. The van der Waals surface area contributed by atoms with Crippen LogP contribution in [-0.4, -0.2) is 20.8 Å². The molecule has 2 aromatic rings. The first kappa shape index (κ1) is 15.9. The summed E-state index contributed by atoms with van der Waals surface area (Å²) in [5, 5.41) is 0. The van der Waals surface area contributed by atoms with Crippen molar-refractivity contribution in [2.45, 2.75) is 13.8 Å². The average Bonchev–Trinajstić information content (AvgIpc) is 2.49. The summed E-state index contributed by atoms with van der Waals surface area (Å²) < 4.78 is 15.4. The van der Waals surface area contributed by atoms with Crippen LogP contribution in [0.2, 0.25) is 0 Å². The lowest BCUT2D eigenvalue weighted by molar-refractivity contribution is 0.340. The Balaban J connectivity index is 0.000000204. The van der Waals surface area contributed by atoms with Crippen LogP contribution in [0.25, 0.3) is 0 Å². The molecule has 0 spiro atoms. The van der Waals surface area contributed by atoms with Crippen LogP contribution in [0.15, 0.2) is 48.5 Å². The highest BCUT2D eigenvalue weighted by Crippen LogP contribution is 2.29. The molecule has 0 saturated heterocycles. The first-order valence-corrected chi connectivity index (χ1v) is 6.58. The maximum Gasteiger partial charge on any atom is 0.163 e. The van der Waals surface area contributed by atoms with Gasteiger partial charge in [0.1, 0.15) is 5.75 Å². The number of ether oxygens (including phenoxy) is 3. The summed E-state index contributed by atoms with van der Waals surface area (Å²) in [7, 11) is 3.28. The molecule has 2 rings (SSSR count). The Kier molecular flexibility index (Phi) is 7.04. The fourth-order valence-corrected chi connectivity index (χ4v) is 1.73. The SMILES string of the molecule is CCOc1ccccc1.COc1cccc(C)c1OC. The molecule has 0 aliphatic carbocycles. The van der Waals surface area contributed by atoms with Crippen molar-refractivity contribution in [2.75, 3.05) is 20.8 Å². The third-order valence-electron chi connectivity index (χ3n) is 2.65. The van der Waals surface area contributed by atoms with Gasteiger partial charge in [0.05, 0.1) is 20.8 Å². The van der Waals surface area contributed by atoms with Gasteiger partial charge in [0, 0.05) is 0 Å².